The molecular weight excluding hydrogens is 306 g/mol. The van der Waals surface area contributed by atoms with Gasteiger partial charge in [-0.3, -0.25) is 0 Å². The Morgan fingerprint density at radius 3 is 2.86 bits per heavy atom. The monoisotopic (exact) mass is 320 g/mol. The van der Waals surface area contributed by atoms with Gasteiger partial charge in [-0.15, -0.1) is 0 Å². The van der Waals surface area contributed by atoms with E-state index in [1.165, 1.54) is 18.0 Å². The average Bonchev–Trinajstić information content (AvgIpc) is 2.40. The molecule has 2 rings (SSSR count). The standard InChI is InChI=1S/C13H15ClF2N2O3/c1-18(8-3-2-4-13(15,16)11(8)19)9-5-10(14)17-6-7(9)12(20)21/h5-6,8,11,19H,2-4H2,1H3,(H,20,21). The van der Waals surface area contributed by atoms with E-state index in [0.717, 1.165) is 6.20 Å². The zero-order valence-corrected chi connectivity index (χ0v) is 12.0. The maximum atomic E-state index is 13.6. The number of rotatable bonds is 3. The second-order valence-corrected chi connectivity index (χ2v) is 5.49. The fourth-order valence-electron chi connectivity index (χ4n) is 2.59. The van der Waals surface area contributed by atoms with Crippen molar-refractivity contribution in [2.75, 3.05) is 11.9 Å². The highest BCUT2D eigenvalue weighted by Gasteiger charge is 2.47. The summed E-state index contributed by atoms with van der Waals surface area (Å²) in [6.45, 7) is 0. The molecule has 1 aromatic heterocycles. The Bertz CT molecular complexity index is 556. The Morgan fingerprint density at radius 1 is 1.57 bits per heavy atom. The van der Waals surface area contributed by atoms with Gasteiger partial charge in [0.1, 0.15) is 16.8 Å². The van der Waals surface area contributed by atoms with E-state index >= 15 is 0 Å². The Morgan fingerprint density at radius 2 is 2.24 bits per heavy atom. The summed E-state index contributed by atoms with van der Waals surface area (Å²) in [5.74, 6) is -4.42. The van der Waals surface area contributed by atoms with Crippen LogP contribution in [0.5, 0.6) is 0 Å². The number of halogens is 3. The van der Waals surface area contributed by atoms with E-state index in [1.54, 1.807) is 0 Å². The number of carboxylic acids is 1. The van der Waals surface area contributed by atoms with Gasteiger partial charge in [-0.1, -0.05) is 11.6 Å². The van der Waals surface area contributed by atoms with Gasteiger partial charge in [0.15, 0.2) is 0 Å². The number of carboxylic acid groups (broad SMARTS) is 1. The molecule has 1 fully saturated rings. The van der Waals surface area contributed by atoms with Crippen LogP contribution in [0.15, 0.2) is 12.3 Å². The third kappa shape index (κ3) is 3.08. The van der Waals surface area contributed by atoms with Gasteiger partial charge in [0.2, 0.25) is 0 Å². The van der Waals surface area contributed by atoms with E-state index in [1.807, 2.05) is 0 Å². The molecule has 0 aliphatic heterocycles. The molecule has 1 aromatic rings. The van der Waals surface area contributed by atoms with Gasteiger partial charge in [0, 0.05) is 19.7 Å². The summed E-state index contributed by atoms with van der Waals surface area (Å²) in [5, 5.41) is 19.0. The molecule has 0 radical (unpaired) electrons. The summed E-state index contributed by atoms with van der Waals surface area (Å²) >= 11 is 5.76. The van der Waals surface area contributed by atoms with E-state index < -0.39 is 24.0 Å². The van der Waals surface area contributed by atoms with Crippen molar-refractivity contribution in [2.24, 2.45) is 0 Å². The van der Waals surface area contributed by atoms with Gasteiger partial charge < -0.3 is 15.1 Å². The highest BCUT2D eigenvalue weighted by molar-refractivity contribution is 6.29. The van der Waals surface area contributed by atoms with Crippen LogP contribution in [0, 0.1) is 0 Å². The topological polar surface area (TPSA) is 73.7 Å². The van der Waals surface area contributed by atoms with Crippen LogP contribution in [0.2, 0.25) is 5.15 Å². The number of carbonyl (C=O) groups is 1. The van der Waals surface area contributed by atoms with Crippen molar-refractivity contribution in [1.29, 1.82) is 0 Å². The summed E-state index contributed by atoms with van der Waals surface area (Å²) in [6, 6.07) is 0.412. The van der Waals surface area contributed by atoms with Crippen LogP contribution in [0.4, 0.5) is 14.5 Å². The van der Waals surface area contributed by atoms with Gasteiger partial charge >= 0.3 is 5.97 Å². The first-order chi connectivity index (χ1) is 9.74. The number of nitrogens with zero attached hydrogens (tertiary/aromatic N) is 2. The lowest BCUT2D eigenvalue weighted by Gasteiger charge is -2.40. The molecule has 1 aliphatic carbocycles. The van der Waals surface area contributed by atoms with Gasteiger partial charge in [0.05, 0.1) is 11.7 Å². The molecule has 21 heavy (non-hydrogen) atoms. The maximum absolute atomic E-state index is 13.6. The van der Waals surface area contributed by atoms with Crippen LogP contribution in [-0.4, -0.2) is 46.3 Å². The molecule has 116 valence electrons. The molecular formula is C13H15ClF2N2O3. The summed E-state index contributed by atoms with van der Waals surface area (Å²) < 4.78 is 27.3. The number of pyridine rings is 1. The first kappa shape index (κ1) is 15.9. The molecule has 1 heterocycles. The largest absolute Gasteiger partial charge is 0.478 e. The third-order valence-corrected chi connectivity index (χ3v) is 3.97. The van der Waals surface area contributed by atoms with E-state index in [4.69, 9.17) is 16.7 Å². The van der Waals surface area contributed by atoms with Crippen LogP contribution in [0.3, 0.4) is 0 Å². The van der Waals surface area contributed by atoms with Gasteiger partial charge in [-0.05, 0) is 18.9 Å². The SMILES string of the molecule is CN(c1cc(Cl)ncc1C(=O)O)C1CCCC(F)(F)C1O. The number of aromatic carboxylic acids is 1. The molecule has 2 atom stereocenters. The van der Waals surface area contributed by atoms with Crippen LogP contribution in [0.25, 0.3) is 0 Å². The molecule has 5 nitrogen and oxygen atoms in total. The maximum Gasteiger partial charge on any atom is 0.339 e. The van der Waals surface area contributed by atoms with Crippen LogP contribution < -0.4 is 4.90 Å². The van der Waals surface area contributed by atoms with Crippen LogP contribution >= 0.6 is 11.6 Å². The highest BCUT2D eigenvalue weighted by atomic mass is 35.5. The molecule has 0 bridgehead atoms. The van der Waals surface area contributed by atoms with Crippen LogP contribution in [0.1, 0.15) is 29.6 Å². The number of aliphatic hydroxyl groups is 1. The summed E-state index contributed by atoms with van der Waals surface area (Å²) in [5.41, 5.74) is 0.00670. The Balaban J connectivity index is 2.37. The number of alkyl halides is 2. The number of anilines is 1. The number of aromatic nitrogens is 1. The predicted octanol–water partition coefficient (Wildman–Crippen LogP) is 2.42. The zero-order chi connectivity index (χ0) is 15.8. The third-order valence-electron chi connectivity index (χ3n) is 3.76. The van der Waals surface area contributed by atoms with E-state index in [9.17, 15) is 18.7 Å². The Hall–Kier alpha value is -1.47. The molecule has 0 amide bonds. The fraction of sp³-hybridized carbons (Fsp3) is 0.538. The van der Waals surface area contributed by atoms with Crippen molar-refractivity contribution in [3.63, 3.8) is 0 Å². The molecule has 2 unspecified atom stereocenters. The van der Waals surface area contributed by atoms with Gasteiger partial charge in [-0.2, -0.15) is 0 Å². The van der Waals surface area contributed by atoms with E-state index in [0.29, 0.717) is 6.42 Å². The predicted molar refractivity (Wildman–Crippen MR) is 73.2 cm³/mol. The lowest BCUT2D eigenvalue weighted by atomic mass is 9.88. The molecule has 8 heteroatoms. The second-order valence-electron chi connectivity index (χ2n) is 5.11. The van der Waals surface area contributed by atoms with Crippen molar-refractivity contribution in [3.05, 3.63) is 23.0 Å². The fourth-order valence-corrected chi connectivity index (χ4v) is 2.75. The lowest BCUT2D eigenvalue weighted by Crippen LogP contribution is -2.53. The minimum absolute atomic E-state index is 0.0545. The van der Waals surface area contributed by atoms with Gasteiger partial charge in [0.25, 0.3) is 5.92 Å². The first-order valence-electron chi connectivity index (χ1n) is 6.41. The van der Waals surface area contributed by atoms with E-state index in [-0.39, 0.29) is 29.2 Å². The van der Waals surface area contributed by atoms with Crippen molar-refractivity contribution >= 4 is 23.3 Å². The van der Waals surface area contributed by atoms with Crippen molar-refractivity contribution in [2.45, 2.75) is 37.3 Å². The summed E-state index contributed by atoms with van der Waals surface area (Å²) in [7, 11) is 1.47. The molecule has 0 saturated heterocycles. The lowest BCUT2D eigenvalue weighted by molar-refractivity contribution is -0.138. The molecule has 0 aromatic carbocycles. The number of aliphatic hydroxyl groups excluding tert-OH is 1. The molecule has 1 aliphatic rings. The van der Waals surface area contributed by atoms with Crippen molar-refractivity contribution in [1.82, 2.24) is 4.98 Å². The second kappa shape index (κ2) is 5.73. The molecule has 2 N–H and O–H groups in total. The number of likely N-dealkylation sites (N-methyl/N-ethyl adjacent to an activating group) is 1. The first-order valence-corrected chi connectivity index (χ1v) is 6.79. The molecule has 1 saturated carbocycles. The summed E-state index contributed by atoms with van der Waals surface area (Å²) in [6.07, 6.45) is -0.567. The quantitative estimate of drug-likeness (QED) is 0.837. The van der Waals surface area contributed by atoms with E-state index in [2.05, 4.69) is 4.98 Å². The van der Waals surface area contributed by atoms with Crippen molar-refractivity contribution in [3.8, 4) is 0 Å². The highest BCUT2D eigenvalue weighted by Crippen LogP contribution is 2.37. The Labute approximate surface area is 125 Å². The number of hydrogen-bond donors (Lipinski definition) is 2. The Kier molecular flexibility index (Phi) is 4.34. The van der Waals surface area contributed by atoms with Crippen molar-refractivity contribution < 1.29 is 23.8 Å². The average molecular weight is 321 g/mol. The summed E-state index contributed by atoms with van der Waals surface area (Å²) in [4.78, 5) is 16.2. The minimum Gasteiger partial charge on any atom is -0.478 e. The normalized spacial score (nSPS) is 24.6. The minimum atomic E-state index is -3.18. The smallest absolute Gasteiger partial charge is 0.339 e. The van der Waals surface area contributed by atoms with Gasteiger partial charge in [-0.25, -0.2) is 18.6 Å². The van der Waals surface area contributed by atoms with Crippen LogP contribution in [-0.2, 0) is 0 Å². The molecule has 0 spiro atoms. The number of hydrogen-bond acceptors (Lipinski definition) is 4. The zero-order valence-electron chi connectivity index (χ0n) is 11.3.